The van der Waals surface area contributed by atoms with Crippen molar-refractivity contribution in [3.05, 3.63) is 65.0 Å². The molecular formula is C24H24N2O4S. The summed E-state index contributed by atoms with van der Waals surface area (Å²) < 4.78 is 6.01. The highest BCUT2D eigenvalue weighted by molar-refractivity contribution is 7.20. The van der Waals surface area contributed by atoms with Crippen molar-refractivity contribution < 1.29 is 19.1 Å². The van der Waals surface area contributed by atoms with E-state index < -0.39 is 6.04 Å². The van der Waals surface area contributed by atoms with Crippen molar-refractivity contribution in [1.29, 1.82) is 0 Å². The number of piperidine rings is 1. The van der Waals surface area contributed by atoms with Gasteiger partial charge in [0.25, 0.3) is 5.91 Å². The number of rotatable bonds is 6. The third-order valence-corrected chi connectivity index (χ3v) is 6.39. The van der Waals surface area contributed by atoms with Crippen molar-refractivity contribution in [3.63, 3.8) is 0 Å². The number of nitrogens with one attached hydrogen (secondary N) is 1. The summed E-state index contributed by atoms with van der Waals surface area (Å²) in [5.41, 5.74) is 1.41. The zero-order valence-electron chi connectivity index (χ0n) is 17.3. The maximum Gasteiger partial charge on any atom is 0.348 e. The Morgan fingerprint density at radius 1 is 1.13 bits per heavy atom. The van der Waals surface area contributed by atoms with Crippen LogP contribution in [0.4, 0.5) is 5.69 Å². The van der Waals surface area contributed by atoms with Gasteiger partial charge < -0.3 is 15.0 Å². The number of carbonyl (C=O) groups excluding carboxylic acids is 3. The third-order valence-electron chi connectivity index (χ3n) is 5.30. The van der Waals surface area contributed by atoms with E-state index in [1.54, 1.807) is 17.9 Å². The predicted molar refractivity (Wildman–Crippen MR) is 121 cm³/mol. The molecule has 1 N–H and O–H groups in total. The Balaban J connectivity index is 1.60. The van der Waals surface area contributed by atoms with Crippen molar-refractivity contribution in [3.8, 4) is 0 Å². The third kappa shape index (κ3) is 4.61. The molecule has 0 radical (unpaired) electrons. The number of thiophene rings is 1. The van der Waals surface area contributed by atoms with Gasteiger partial charge in [-0.3, -0.25) is 9.59 Å². The first kappa shape index (κ1) is 21.1. The Hall–Kier alpha value is -3.19. The SMILES string of the molecule is CCOC(=O)c1cc2cc(NC(=O)C(c3ccccc3)N3CCCCC3=O)ccc2s1. The standard InChI is InChI=1S/C24H24N2O4S/c1-2-30-24(29)20-15-17-14-18(11-12-19(17)31-20)25-23(28)22(16-8-4-3-5-9-16)26-13-7-6-10-21(26)27/h3-5,8-9,11-12,14-15,22H,2,6-7,10,13H2,1H3,(H,25,28). The topological polar surface area (TPSA) is 75.7 Å². The van der Waals surface area contributed by atoms with Crippen LogP contribution in [0.2, 0.25) is 0 Å². The van der Waals surface area contributed by atoms with Crippen LogP contribution in [0.25, 0.3) is 10.1 Å². The minimum Gasteiger partial charge on any atom is -0.462 e. The summed E-state index contributed by atoms with van der Waals surface area (Å²) >= 11 is 1.36. The van der Waals surface area contributed by atoms with Crippen molar-refractivity contribution in [2.45, 2.75) is 32.2 Å². The molecule has 0 spiro atoms. The van der Waals surface area contributed by atoms with E-state index in [0.29, 0.717) is 30.1 Å². The fourth-order valence-electron chi connectivity index (χ4n) is 3.84. The van der Waals surface area contributed by atoms with Crippen LogP contribution >= 0.6 is 11.3 Å². The lowest BCUT2D eigenvalue weighted by Gasteiger charge is -2.34. The molecule has 0 aliphatic carbocycles. The number of hydrogen-bond donors (Lipinski definition) is 1. The molecule has 0 saturated carbocycles. The monoisotopic (exact) mass is 436 g/mol. The summed E-state index contributed by atoms with van der Waals surface area (Å²) in [5, 5.41) is 3.83. The van der Waals surface area contributed by atoms with Crippen molar-refractivity contribution in [1.82, 2.24) is 4.90 Å². The second-order valence-electron chi connectivity index (χ2n) is 7.43. The van der Waals surface area contributed by atoms with E-state index in [2.05, 4.69) is 5.32 Å². The van der Waals surface area contributed by atoms with Crippen molar-refractivity contribution in [2.24, 2.45) is 0 Å². The largest absolute Gasteiger partial charge is 0.462 e. The van der Waals surface area contributed by atoms with Gasteiger partial charge in [-0.2, -0.15) is 0 Å². The minimum absolute atomic E-state index is 0.00242. The fourth-order valence-corrected chi connectivity index (χ4v) is 4.78. The summed E-state index contributed by atoms with van der Waals surface area (Å²) in [5.74, 6) is -0.591. The highest BCUT2D eigenvalue weighted by Gasteiger charge is 2.32. The molecule has 2 heterocycles. The van der Waals surface area contributed by atoms with Crippen molar-refractivity contribution in [2.75, 3.05) is 18.5 Å². The first-order chi connectivity index (χ1) is 15.1. The number of esters is 1. The number of anilines is 1. The number of benzene rings is 2. The summed E-state index contributed by atoms with van der Waals surface area (Å²) in [6.07, 6.45) is 2.21. The fraction of sp³-hybridized carbons (Fsp3) is 0.292. The molecular weight excluding hydrogens is 412 g/mol. The lowest BCUT2D eigenvalue weighted by atomic mass is 10.0. The van der Waals surface area contributed by atoms with Crippen LogP contribution in [-0.4, -0.2) is 35.8 Å². The quantitative estimate of drug-likeness (QED) is 0.565. The van der Waals surface area contributed by atoms with E-state index in [9.17, 15) is 14.4 Å². The number of hydrogen-bond acceptors (Lipinski definition) is 5. The summed E-state index contributed by atoms with van der Waals surface area (Å²) in [6, 6.07) is 16.0. The molecule has 160 valence electrons. The van der Waals surface area contributed by atoms with Crippen molar-refractivity contribution >= 4 is 44.9 Å². The van der Waals surface area contributed by atoms with Gasteiger partial charge in [-0.15, -0.1) is 11.3 Å². The average Bonchev–Trinajstić information content (AvgIpc) is 3.20. The lowest BCUT2D eigenvalue weighted by molar-refractivity contribution is -0.141. The summed E-state index contributed by atoms with van der Waals surface area (Å²) in [7, 11) is 0. The normalized spacial score (nSPS) is 15.0. The first-order valence-corrected chi connectivity index (χ1v) is 11.2. The van der Waals surface area contributed by atoms with Gasteiger partial charge in [0.1, 0.15) is 10.9 Å². The number of nitrogens with zero attached hydrogens (tertiary/aromatic N) is 1. The molecule has 31 heavy (non-hydrogen) atoms. The molecule has 1 saturated heterocycles. The zero-order valence-corrected chi connectivity index (χ0v) is 18.1. The molecule has 2 aromatic carbocycles. The second-order valence-corrected chi connectivity index (χ2v) is 8.51. The molecule has 3 aromatic rings. The Morgan fingerprint density at radius 2 is 1.94 bits per heavy atom. The Morgan fingerprint density at radius 3 is 2.68 bits per heavy atom. The van der Waals surface area contributed by atoms with E-state index in [1.807, 2.05) is 48.5 Å². The van der Waals surface area contributed by atoms with Crippen LogP contribution in [0.5, 0.6) is 0 Å². The maximum absolute atomic E-state index is 13.3. The smallest absolute Gasteiger partial charge is 0.348 e. The van der Waals surface area contributed by atoms with Crippen LogP contribution < -0.4 is 5.32 Å². The van der Waals surface area contributed by atoms with E-state index >= 15 is 0 Å². The van der Waals surface area contributed by atoms with Crippen LogP contribution in [0, 0.1) is 0 Å². The average molecular weight is 437 g/mol. The Bertz CT molecular complexity index is 1110. The summed E-state index contributed by atoms with van der Waals surface area (Å²) in [6.45, 7) is 2.66. The molecule has 1 fully saturated rings. The Kier molecular flexibility index (Phi) is 6.32. The van der Waals surface area contributed by atoms with E-state index in [1.165, 1.54) is 11.3 Å². The van der Waals surface area contributed by atoms with Crippen LogP contribution in [0.15, 0.2) is 54.6 Å². The van der Waals surface area contributed by atoms with Crippen LogP contribution in [0.1, 0.15) is 47.5 Å². The maximum atomic E-state index is 13.3. The first-order valence-electron chi connectivity index (χ1n) is 10.4. The number of fused-ring (bicyclic) bond motifs is 1. The molecule has 1 unspecified atom stereocenters. The van der Waals surface area contributed by atoms with Gasteiger partial charge in [-0.1, -0.05) is 30.3 Å². The lowest BCUT2D eigenvalue weighted by Crippen LogP contribution is -2.43. The van der Waals surface area contributed by atoms with Gasteiger partial charge in [0.15, 0.2) is 0 Å². The number of ether oxygens (including phenoxy) is 1. The number of amides is 2. The highest BCUT2D eigenvalue weighted by Crippen LogP contribution is 2.31. The zero-order chi connectivity index (χ0) is 21.8. The number of likely N-dealkylation sites (tertiary alicyclic amines) is 1. The van der Waals surface area contributed by atoms with Gasteiger partial charge in [-0.05, 0) is 55.0 Å². The van der Waals surface area contributed by atoms with E-state index in [0.717, 1.165) is 28.5 Å². The molecule has 1 atom stereocenters. The molecule has 1 aromatic heterocycles. The molecule has 1 aliphatic rings. The van der Waals surface area contributed by atoms with Gasteiger partial charge >= 0.3 is 5.97 Å². The number of carbonyl (C=O) groups is 3. The molecule has 4 rings (SSSR count). The summed E-state index contributed by atoms with van der Waals surface area (Å²) in [4.78, 5) is 40.1. The van der Waals surface area contributed by atoms with Gasteiger partial charge in [0, 0.05) is 23.4 Å². The molecule has 7 heteroatoms. The second kappa shape index (κ2) is 9.31. The molecule has 6 nitrogen and oxygen atoms in total. The van der Waals surface area contributed by atoms with Crippen LogP contribution in [0.3, 0.4) is 0 Å². The van der Waals surface area contributed by atoms with Crippen LogP contribution in [-0.2, 0) is 14.3 Å². The minimum atomic E-state index is -0.678. The predicted octanol–water partition coefficient (Wildman–Crippen LogP) is 4.77. The van der Waals surface area contributed by atoms with E-state index in [4.69, 9.17) is 4.74 Å². The highest BCUT2D eigenvalue weighted by atomic mass is 32.1. The van der Waals surface area contributed by atoms with Gasteiger partial charge in [-0.25, -0.2) is 4.79 Å². The van der Waals surface area contributed by atoms with Gasteiger partial charge in [0.2, 0.25) is 5.91 Å². The molecule has 1 aliphatic heterocycles. The molecule has 2 amide bonds. The van der Waals surface area contributed by atoms with E-state index in [-0.39, 0.29) is 17.8 Å². The molecule has 0 bridgehead atoms. The Labute approximate surface area is 184 Å². The van der Waals surface area contributed by atoms with Gasteiger partial charge in [0.05, 0.1) is 6.61 Å².